The van der Waals surface area contributed by atoms with Crippen molar-refractivity contribution in [3.05, 3.63) is 23.8 Å². The average molecular weight is 357 g/mol. The van der Waals surface area contributed by atoms with Gasteiger partial charge in [0.05, 0.1) is 19.8 Å². The van der Waals surface area contributed by atoms with Crippen LogP contribution < -0.4 is 20.5 Å². The number of ether oxygens (including phenoxy) is 2. The van der Waals surface area contributed by atoms with E-state index in [1.165, 1.54) is 0 Å². The molecule has 0 atom stereocenters. The summed E-state index contributed by atoms with van der Waals surface area (Å²) >= 11 is 0. The van der Waals surface area contributed by atoms with Gasteiger partial charge in [-0.15, -0.1) is 12.4 Å². The van der Waals surface area contributed by atoms with E-state index in [0.29, 0.717) is 18.0 Å². The van der Waals surface area contributed by atoms with Crippen molar-refractivity contribution in [3.8, 4) is 11.5 Å². The van der Waals surface area contributed by atoms with E-state index >= 15 is 0 Å². The molecule has 0 aliphatic heterocycles. The SMILES string of the molecule is COc1ccc(C(C)(C)CNC(=O)C2(N)CCCC2)cc1OC.Cl. The minimum Gasteiger partial charge on any atom is -0.493 e. The number of amides is 1. The molecule has 0 bridgehead atoms. The summed E-state index contributed by atoms with van der Waals surface area (Å²) in [7, 11) is 3.24. The van der Waals surface area contributed by atoms with Crippen molar-refractivity contribution in [3.63, 3.8) is 0 Å². The lowest BCUT2D eigenvalue weighted by atomic mass is 9.84. The van der Waals surface area contributed by atoms with Crippen molar-refractivity contribution in [2.24, 2.45) is 5.73 Å². The van der Waals surface area contributed by atoms with Crippen LogP contribution in [0.15, 0.2) is 18.2 Å². The Morgan fingerprint density at radius 3 is 2.33 bits per heavy atom. The van der Waals surface area contributed by atoms with Crippen LogP contribution in [0, 0.1) is 0 Å². The first-order chi connectivity index (χ1) is 10.8. The molecule has 6 heteroatoms. The van der Waals surface area contributed by atoms with Gasteiger partial charge >= 0.3 is 0 Å². The molecule has 0 spiro atoms. The maximum Gasteiger partial charge on any atom is 0.240 e. The zero-order chi connectivity index (χ0) is 17.1. The van der Waals surface area contributed by atoms with Crippen LogP contribution in [0.2, 0.25) is 0 Å². The third kappa shape index (κ3) is 4.33. The Morgan fingerprint density at radius 1 is 1.21 bits per heavy atom. The van der Waals surface area contributed by atoms with E-state index < -0.39 is 5.54 Å². The average Bonchev–Trinajstić information content (AvgIpc) is 2.99. The molecule has 0 saturated heterocycles. The summed E-state index contributed by atoms with van der Waals surface area (Å²) in [5.41, 5.74) is 6.36. The number of carbonyl (C=O) groups is 1. The first-order valence-electron chi connectivity index (χ1n) is 8.12. The maximum absolute atomic E-state index is 12.4. The second kappa shape index (κ2) is 8.08. The molecular formula is C18H29ClN2O3. The summed E-state index contributed by atoms with van der Waals surface area (Å²) in [6.07, 6.45) is 3.61. The van der Waals surface area contributed by atoms with Crippen LogP contribution >= 0.6 is 12.4 Å². The molecule has 0 radical (unpaired) electrons. The number of nitrogens with two attached hydrogens (primary N) is 1. The Hall–Kier alpha value is -1.46. The highest BCUT2D eigenvalue weighted by Crippen LogP contribution is 2.33. The molecule has 5 nitrogen and oxygen atoms in total. The number of benzene rings is 1. The fraction of sp³-hybridized carbons (Fsp3) is 0.611. The Kier molecular flexibility index (Phi) is 6.93. The zero-order valence-corrected chi connectivity index (χ0v) is 15.8. The van der Waals surface area contributed by atoms with E-state index in [2.05, 4.69) is 19.2 Å². The van der Waals surface area contributed by atoms with Gasteiger partial charge in [0, 0.05) is 12.0 Å². The quantitative estimate of drug-likeness (QED) is 0.822. The van der Waals surface area contributed by atoms with Gasteiger partial charge in [0.2, 0.25) is 5.91 Å². The van der Waals surface area contributed by atoms with Crippen molar-refractivity contribution in [2.45, 2.75) is 50.5 Å². The fourth-order valence-electron chi connectivity index (χ4n) is 3.07. The second-order valence-corrected chi connectivity index (χ2v) is 7.00. The molecule has 3 N–H and O–H groups in total. The van der Waals surface area contributed by atoms with Gasteiger partial charge in [-0.1, -0.05) is 32.8 Å². The monoisotopic (exact) mass is 356 g/mol. The highest BCUT2D eigenvalue weighted by molar-refractivity contribution is 5.86. The number of nitrogens with one attached hydrogen (secondary N) is 1. The van der Waals surface area contributed by atoms with Crippen LogP contribution in [0.5, 0.6) is 11.5 Å². The predicted octanol–water partition coefficient (Wildman–Crippen LogP) is 2.79. The van der Waals surface area contributed by atoms with Gasteiger partial charge in [0.15, 0.2) is 11.5 Å². The normalized spacial score (nSPS) is 16.2. The molecular weight excluding hydrogens is 328 g/mol. The third-order valence-corrected chi connectivity index (χ3v) is 4.80. The van der Waals surface area contributed by atoms with Crippen molar-refractivity contribution >= 4 is 18.3 Å². The number of hydrogen-bond acceptors (Lipinski definition) is 4. The highest BCUT2D eigenvalue weighted by Gasteiger charge is 2.37. The minimum atomic E-state index is -0.687. The second-order valence-electron chi connectivity index (χ2n) is 7.00. The Morgan fingerprint density at radius 2 is 1.79 bits per heavy atom. The van der Waals surface area contributed by atoms with Crippen molar-refractivity contribution in [2.75, 3.05) is 20.8 Å². The largest absolute Gasteiger partial charge is 0.493 e. The lowest BCUT2D eigenvalue weighted by Crippen LogP contribution is -2.53. The molecule has 136 valence electrons. The van der Waals surface area contributed by atoms with Gasteiger partial charge < -0.3 is 20.5 Å². The summed E-state index contributed by atoms with van der Waals surface area (Å²) < 4.78 is 10.6. The fourth-order valence-corrected chi connectivity index (χ4v) is 3.07. The molecule has 1 aliphatic rings. The Labute approximate surface area is 150 Å². The molecule has 1 amide bonds. The molecule has 0 heterocycles. The molecule has 1 saturated carbocycles. The van der Waals surface area contributed by atoms with Crippen LogP contribution in [0.3, 0.4) is 0 Å². The van der Waals surface area contributed by atoms with E-state index in [9.17, 15) is 4.79 Å². The maximum atomic E-state index is 12.4. The molecule has 24 heavy (non-hydrogen) atoms. The molecule has 1 aromatic rings. The van der Waals surface area contributed by atoms with Crippen LogP contribution in [0.25, 0.3) is 0 Å². The summed E-state index contributed by atoms with van der Waals surface area (Å²) in [6.45, 7) is 4.71. The van der Waals surface area contributed by atoms with Crippen LogP contribution in [-0.2, 0) is 10.2 Å². The van der Waals surface area contributed by atoms with Crippen LogP contribution in [0.4, 0.5) is 0 Å². The number of hydrogen-bond donors (Lipinski definition) is 2. The van der Waals surface area contributed by atoms with Crippen molar-refractivity contribution in [1.29, 1.82) is 0 Å². The van der Waals surface area contributed by atoms with E-state index in [-0.39, 0.29) is 23.7 Å². The molecule has 1 aliphatic carbocycles. The van der Waals surface area contributed by atoms with E-state index in [1.54, 1.807) is 14.2 Å². The first kappa shape index (κ1) is 20.6. The lowest BCUT2D eigenvalue weighted by Gasteiger charge is -2.29. The number of carbonyl (C=O) groups excluding carboxylic acids is 1. The van der Waals surface area contributed by atoms with E-state index in [0.717, 1.165) is 31.2 Å². The molecule has 1 aromatic carbocycles. The van der Waals surface area contributed by atoms with Gasteiger partial charge in [0.1, 0.15) is 0 Å². The standard InChI is InChI=1S/C18H28N2O3.ClH/c1-17(2,12-20-16(21)18(19)9-5-6-10-18)13-7-8-14(22-3)15(11-13)23-4;/h7-8,11H,5-6,9-10,12,19H2,1-4H3,(H,20,21);1H. The highest BCUT2D eigenvalue weighted by atomic mass is 35.5. The van der Waals surface area contributed by atoms with Gasteiger partial charge in [0.25, 0.3) is 0 Å². The summed E-state index contributed by atoms with van der Waals surface area (Å²) in [4.78, 5) is 12.4. The van der Waals surface area contributed by atoms with Crippen molar-refractivity contribution in [1.82, 2.24) is 5.32 Å². The zero-order valence-electron chi connectivity index (χ0n) is 15.0. The van der Waals surface area contributed by atoms with Crippen LogP contribution in [0.1, 0.15) is 45.1 Å². The molecule has 0 aromatic heterocycles. The van der Waals surface area contributed by atoms with Crippen molar-refractivity contribution < 1.29 is 14.3 Å². The lowest BCUT2D eigenvalue weighted by molar-refractivity contribution is -0.126. The Balaban J connectivity index is 0.00000288. The minimum absolute atomic E-state index is 0. The summed E-state index contributed by atoms with van der Waals surface area (Å²) in [5, 5.41) is 3.03. The Bertz CT molecular complexity index is 569. The number of rotatable bonds is 6. The van der Waals surface area contributed by atoms with Crippen LogP contribution in [-0.4, -0.2) is 32.2 Å². The van der Waals surface area contributed by atoms with Gasteiger partial charge in [-0.2, -0.15) is 0 Å². The summed E-state index contributed by atoms with van der Waals surface area (Å²) in [6, 6.07) is 5.85. The van der Waals surface area contributed by atoms with E-state index in [1.807, 2.05) is 18.2 Å². The molecule has 2 rings (SSSR count). The van der Waals surface area contributed by atoms with Gasteiger partial charge in [-0.3, -0.25) is 4.79 Å². The molecule has 0 unspecified atom stereocenters. The third-order valence-electron chi connectivity index (χ3n) is 4.80. The molecule has 1 fully saturated rings. The smallest absolute Gasteiger partial charge is 0.240 e. The van der Waals surface area contributed by atoms with E-state index in [4.69, 9.17) is 15.2 Å². The topological polar surface area (TPSA) is 73.6 Å². The van der Waals surface area contributed by atoms with Gasteiger partial charge in [-0.05, 0) is 30.5 Å². The summed E-state index contributed by atoms with van der Waals surface area (Å²) in [5.74, 6) is 1.35. The number of halogens is 1. The number of methoxy groups -OCH3 is 2. The predicted molar refractivity (Wildman–Crippen MR) is 98.2 cm³/mol. The van der Waals surface area contributed by atoms with Gasteiger partial charge in [-0.25, -0.2) is 0 Å². The first-order valence-corrected chi connectivity index (χ1v) is 8.12.